The minimum absolute atomic E-state index is 0. The maximum atomic E-state index is 6.40. The summed E-state index contributed by atoms with van der Waals surface area (Å²) in [5.74, 6) is 0. The van der Waals surface area contributed by atoms with E-state index >= 15 is 0 Å². The third-order valence-corrected chi connectivity index (χ3v) is 10.0. The van der Waals surface area contributed by atoms with Gasteiger partial charge in [0.2, 0.25) is 0 Å². The Balaban J connectivity index is 0.00000361. The zero-order valence-corrected chi connectivity index (χ0v) is 30.8. The number of benzene rings is 6. The molecule has 0 saturated carbocycles. The molecule has 0 N–H and O–H groups in total. The molecule has 7 heteroatoms. The molecule has 5 heterocycles. The van der Waals surface area contributed by atoms with E-state index in [1.165, 1.54) is 0 Å². The second-order valence-corrected chi connectivity index (χ2v) is 13.1. The van der Waals surface area contributed by atoms with Crippen LogP contribution in [0.3, 0.4) is 0 Å². The predicted octanol–water partition coefficient (Wildman–Crippen LogP) is 11.9. The number of hydrogen-bond donors (Lipinski definition) is 0. The van der Waals surface area contributed by atoms with Gasteiger partial charge in [-0.25, -0.2) is 4.98 Å². The van der Waals surface area contributed by atoms with Gasteiger partial charge in [-0.2, -0.15) is 0 Å². The fraction of sp³-hybridized carbons (Fsp3) is 0. The van der Waals surface area contributed by atoms with Crippen LogP contribution < -0.4 is 4.90 Å². The largest absolute Gasteiger partial charge is 2.00 e. The SMILES string of the molecule is [Pt+2].[c-]1c(-c2ccccn2)cccc1N(c1[c-]c2c3ncccc3c3nc4ccccc4n3c2cc1)c1ccc(-c2cccc3c2oc2ccccc23)cc1. The molecule has 5 aromatic heterocycles. The Morgan fingerprint density at radius 2 is 1.35 bits per heavy atom. The first-order valence-electron chi connectivity index (χ1n) is 17.5. The van der Waals surface area contributed by atoms with E-state index < -0.39 is 0 Å². The number of hydrogen-bond acceptors (Lipinski definition) is 5. The second kappa shape index (κ2) is 12.8. The zero-order valence-electron chi connectivity index (χ0n) is 28.5. The Kier molecular flexibility index (Phi) is 7.60. The number of furan rings is 1. The summed E-state index contributed by atoms with van der Waals surface area (Å²) in [6, 6.07) is 59.4. The number of anilines is 3. The topological polar surface area (TPSA) is 59.5 Å². The molecule has 0 unspecified atom stereocenters. The second-order valence-electron chi connectivity index (χ2n) is 13.1. The molecule has 0 fully saturated rings. The molecule has 0 saturated heterocycles. The minimum Gasteiger partial charge on any atom is -0.455 e. The van der Waals surface area contributed by atoms with Gasteiger partial charge in [-0.1, -0.05) is 84.2 Å². The Labute approximate surface area is 324 Å². The van der Waals surface area contributed by atoms with Crippen LogP contribution in [0, 0.1) is 12.1 Å². The summed E-state index contributed by atoms with van der Waals surface area (Å²) in [4.78, 5) is 16.7. The third kappa shape index (κ3) is 5.02. The van der Waals surface area contributed by atoms with Gasteiger partial charge in [-0.3, -0.25) is 0 Å². The molecule has 0 aliphatic rings. The van der Waals surface area contributed by atoms with E-state index in [0.29, 0.717) is 0 Å². The number of nitrogens with zero attached hydrogens (tertiary/aromatic N) is 5. The van der Waals surface area contributed by atoms with Crippen LogP contribution in [-0.4, -0.2) is 19.4 Å². The van der Waals surface area contributed by atoms with Gasteiger partial charge in [0.25, 0.3) is 0 Å². The molecule has 11 rings (SSSR count). The summed E-state index contributed by atoms with van der Waals surface area (Å²) in [5, 5.41) is 4.11. The molecule has 0 radical (unpaired) electrons. The van der Waals surface area contributed by atoms with Crippen LogP contribution in [0.15, 0.2) is 168 Å². The van der Waals surface area contributed by atoms with Crippen LogP contribution in [0.4, 0.5) is 17.1 Å². The average molecular weight is 873 g/mol. The number of rotatable bonds is 5. The average Bonchev–Trinajstić information content (AvgIpc) is 3.81. The van der Waals surface area contributed by atoms with E-state index in [2.05, 4.69) is 130 Å². The zero-order chi connectivity index (χ0) is 34.9. The summed E-state index contributed by atoms with van der Waals surface area (Å²) in [7, 11) is 0. The summed E-state index contributed by atoms with van der Waals surface area (Å²) in [6.45, 7) is 0. The van der Waals surface area contributed by atoms with Crippen molar-refractivity contribution in [2.24, 2.45) is 0 Å². The molecule has 0 amide bonds. The van der Waals surface area contributed by atoms with Crippen molar-refractivity contribution >= 4 is 77.5 Å². The van der Waals surface area contributed by atoms with E-state index in [1.54, 1.807) is 0 Å². The first-order chi connectivity index (χ1) is 26.3. The fourth-order valence-corrected chi connectivity index (χ4v) is 7.64. The van der Waals surface area contributed by atoms with Crippen molar-refractivity contribution in [1.82, 2.24) is 19.4 Å². The maximum absolute atomic E-state index is 6.40. The van der Waals surface area contributed by atoms with Crippen molar-refractivity contribution in [2.75, 3.05) is 4.90 Å². The third-order valence-electron chi connectivity index (χ3n) is 10.0. The van der Waals surface area contributed by atoms with Gasteiger partial charge in [-0.05, 0) is 70.6 Å². The smallest absolute Gasteiger partial charge is 0.455 e. The van der Waals surface area contributed by atoms with Crippen LogP contribution in [-0.2, 0) is 21.1 Å². The van der Waals surface area contributed by atoms with E-state index in [1.807, 2.05) is 60.9 Å². The summed E-state index contributed by atoms with van der Waals surface area (Å²) >= 11 is 0. The van der Waals surface area contributed by atoms with Crippen molar-refractivity contribution in [2.45, 2.75) is 0 Å². The van der Waals surface area contributed by atoms with Crippen LogP contribution in [0.5, 0.6) is 0 Å². The molecule has 0 atom stereocenters. The van der Waals surface area contributed by atoms with Crippen molar-refractivity contribution in [3.63, 3.8) is 0 Å². The molecule has 6 nitrogen and oxygen atoms in total. The van der Waals surface area contributed by atoms with Crippen LogP contribution in [0.1, 0.15) is 0 Å². The molecule has 0 bridgehead atoms. The molecule has 256 valence electrons. The molecular formula is C47H27N5OPt. The molecule has 11 aromatic rings. The van der Waals surface area contributed by atoms with Crippen LogP contribution in [0.25, 0.3) is 82.8 Å². The molecule has 6 aromatic carbocycles. The number of para-hydroxylation sites is 4. The monoisotopic (exact) mass is 872 g/mol. The molecular weight excluding hydrogens is 846 g/mol. The van der Waals surface area contributed by atoms with Crippen molar-refractivity contribution in [1.29, 1.82) is 0 Å². The van der Waals surface area contributed by atoms with Gasteiger partial charge < -0.3 is 23.7 Å². The van der Waals surface area contributed by atoms with Gasteiger partial charge in [0.1, 0.15) is 16.8 Å². The van der Waals surface area contributed by atoms with Crippen molar-refractivity contribution in [3.8, 4) is 22.4 Å². The summed E-state index contributed by atoms with van der Waals surface area (Å²) < 4.78 is 8.62. The van der Waals surface area contributed by atoms with Crippen LogP contribution in [0.2, 0.25) is 0 Å². The van der Waals surface area contributed by atoms with Gasteiger partial charge in [0, 0.05) is 45.3 Å². The normalized spacial score (nSPS) is 11.6. The molecule has 54 heavy (non-hydrogen) atoms. The van der Waals surface area contributed by atoms with Gasteiger partial charge in [0.15, 0.2) is 0 Å². The van der Waals surface area contributed by atoms with E-state index in [4.69, 9.17) is 14.4 Å². The molecule has 0 spiro atoms. The summed E-state index contributed by atoms with van der Waals surface area (Å²) in [5.41, 5.74) is 13.0. The quantitative estimate of drug-likeness (QED) is 0.127. The van der Waals surface area contributed by atoms with E-state index in [-0.39, 0.29) is 21.1 Å². The number of fused-ring (bicyclic) bond motifs is 11. The van der Waals surface area contributed by atoms with Crippen molar-refractivity contribution < 1.29 is 25.5 Å². The molecule has 0 aliphatic carbocycles. The van der Waals surface area contributed by atoms with Gasteiger partial charge in [0.05, 0.1) is 11.0 Å². The van der Waals surface area contributed by atoms with E-state index in [9.17, 15) is 0 Å². The van der Waals surface area contributed by atoms with Crippen molar-refractivity contribution in [3.05, 3.63) is 176 Å². The van der Waals surface area contributed by atoms with Crippen LogP contribution >= 0.6 is 0 Å². The van der Waals surface area contributed by atoms with Gasteiger partial charge >= 0.3 is 21.1 Å². The Bertz CT molecular complexity index is 3190. The number of pyridine rings is 3. The first kappa shape index (κ1) is 32.1. The summed E-state index contributed by atoms with van der Waals surface area (Å²) in [6.07, 6.45) is 3.65. The maximum Gasteiger partial charge on any atom is 2.00 e. The Morgan fingerprint density at radius 3 is 2.26 bits per heavy atom. The standard InChI is InChI=1S/C47H27N5O.Pt/c1-4-19-44-36(12-1)37-14-8-13-35(46(37)53-44)30-20-22-32(23-21-30)51(33-11-7-10-31(28-33)40-16-5-6-26-48-40)34-24-25-42-39(29-34)45-38(15-9-27-49-45)47-50-41-17-2-3-18-43(41)52(42)47;/h1-27H;/q-2;+2. The Hall–Kier alpha value is -6.62. The predicted molar refractivity (Wildman–Crippen MR) is 214 cm³/mol. The first-order valence-corrected chi connectivity index (χ1v) is 17.5. The fourth-order valence-electron chi connectivity index (χ4n) is 7.64. The minimum atomic E-state index is 0. The van der Waals surface area contributed by atoms with Gasteiger partial charge in [-0.15, -0.1) is 48.0 Å². The number of aromatic nitrogens is 4. The van der Waals surface area contributed by atoms with E-state index in [0.717, 1.165) is 99.9 Å². The Morgan fingerprint density at radius 1 is 0.574 bits per heavy atom. The molecule has 0 aliphatic heterocycles. The number of imidazole rings is 1.